The predicted octanol–water partition coefficient (Wildman–Crippen LogP) is 5.66. The van der Waals surface area contributed by atoms with Crippen molar-refractivity contribution in [3.63, 3.8) is 0 Å². The Morgan fingerprint density at radius 2 is 1.77 bits per heavy atom. The Hall–Kier alpha value is -4.23. The average molecular weight is 614 g/mol. The number of Topliss-reactive ketones (excluding diaryl/α,β-unsaturated/α-hetero) is 1. The number of nitrogens with one attached hydrogen (secondary N) is 1. The lowest BCUT2D eigenvalue weighted by molar-refractivity contribution is -0.137. The smallest absolute Gasteiger partial charge is 0.350 e. The van der Waals surface area contributed by atoms with E-state index in [-0.39, 0.29) is 36.0 Å². The highest BCUT2D eigenvalue weighted by atomic mass is 32.2. The molecule has 2 aromatic heterocycles. The predicted molar refractivity (Wildman–Crippen MR) is 151 cm³/mol. The fourth-order valence-corrected chi connectivity index (χ4v) is 6.55. The molecule has 4 aromatic rings. The molecule has 1 N–H and O–H groups in total. The minimum absolute atomic E-state index is 0.0222. The zero-order valence-electron chi connectivity index (χ0n) is 22.8. The van der Waals surface area contributed by atoms with Gasteiger partial charge in [0.25, 0.3) is 0 Å². The van der Waals surface area contributed by atoms with Crippen molar-refractivity contribution in [1.29, 1.82) is 0 Å². The van der Waals surface area contributed by atoms with Gasteiger partial charge >= 0.3 is 6.18 Å². The van der Waals surface area contributed by atoms with Crippen LogP contribution >= 0.6 is 0 Å². The number of alkyl halides is 3. The molecule has 5 rings (SSSR count). The quantitative estimate of drug-likeness (QED) is 0.230. The molecule has 0 spiro atoms. The minimum atomic E-state index is -4.48. The first-order valence-corrected chi connectivity index (χ1v) is 14.9. The van der Waals surface area contributed by atoms with Crippen molar-refractivity contribution >= 4 is 21.8 Å². The maximum atomic E-state index is 13.4. The Labute approximate surface area is 245 Å². The van der Waals surface area contributed by atoms with Gasteiger partial charge in [-0.2, -0.15) is 17.5 Å². The van der Waals surface area contributed by atoms with Crippen molar-refractivity contribution in [2.75, 3.05) is 11.9 Å². The van der Waals surface area contributed by atoms with Crippen LogP contribution in [0.1, 0.15) is 36.1 Å². The van der Waals surface area contributed by atoms with E-state index in [0.29, 0.717) is 36.3 Å². The van der Waals surface area contributed by atoms with Crippen LogP contribution < -0.4 is 5.32 Å². The largest absolute Gasteiger partial charge is 0.416 e. The standard InChI is InChI=1S/C30H27F4N5O3S/c31-23-9-12-25(13-10-23)43(41,42)39-16-2-4-27(39)28(40)14-11-24-17-26(21-5-7-22(8-6-21)30(32,33)34)38-29(37-24)36-19-20-3-1-15-35-18-20/h1,3,5-10,12-13,15,17-18,27H,2,4,11,14,16,19H2,(H,36,37,38)/t27-/m0/s1. The average Bonchev–Trinajstić information content (AvgIpc) is 3.51. The maximum Gasteiger partial charge on any atom is 0.416 e. The van der Waals surface area contributed by atoms with E-state index >= 15 is 0 Å². The highest BCUT2D eigenvalue weighted by molar-refractivity contribution is 7.89. The number of hydrogen-bond acceptors (Lipinski definition) is 7. The van der Waals surface area contributed by atoms with E-state index in [4.69, 9.17) is 0 Å². The SMILES string of the molecule is O=C(CCc1cc(-c2ccc(C(F)(F)F)cc2)nc(NCc2cccnc2)n1)[C@@H]1CCCN1S(=O)(=O)c1ccc(F)cc1. The van der Waals surface area contributed by atoms with E-state index in [1.807, 2.05) is 6.07 Å². The van der Waals surface area contributed by atoms with E-state index in [1.54, 1.807) is 24.5 Å². The highest BCUT2D eigenvalue weighted by Gasteiger charge is 2.39. The number of hydrogen-bond donors (Lipinski definition) is 1. The van der Waals surface area contributed by atoms with Gasteiger partial charge in [0.1, 0.15) is 5.82 Å². The Bertz CT molecular complexity index is 1680. The summed E-state index contributed by atoms with van der Waals surface area (Å²) in [5.74, 6) is -0.643. The molecule has 0 amide bonds. The molecule has 2 aromatic carbocycles. The third kappa shape index (κ3) is 7.23. The van der Waals surface area contributed by atoms with Crippen LogP contribution in [-0.2, 0) is 34.0 Å². The number of aromatic nitrogens is 3. The zero-order valence-corrected chi connectivity index (χ0v) is 23.6. The van der Waals surface area contributed by atoms with Crippen LogP contribution in [0.25, 0.3) is 11.3 Å². The van der Waals surface area contributed by atoms with Crippen molar-refractivity contribution in [1.82, 2.24) is 19.3 Å². The lowest BCUT2D eigenvalue weighted by Gasteiger charge is -2.23. The Kier molecular flexibility index (Phi) is 8.83. The molecule has 1 fully saturated rings. The second-order valence-electron chi connectivity index (χ2n) is 10.1. The molecule has 0 bridgehead atoms. The van der Waals surface area contributed by atoms with E-state index in [0.717, 1.165) is 34.1 Å². The second kappa shape index (κ2) is 12.6. The molecule has 1 aliphatic rings. The normalized spacial score (nSPS) is 15.9. The maximum absolute atomic E-state index is 13.4. The molecule has 43 heavy (non-hydrogen) atoms. The zero-order chi connectivity index (χ0) is 30.6. The monoisotopic (exact) mass is 613 g/mol. The number of carbonyl (C=O) groups is 1. The van der Waals surface area contributed by atoms with E-state index in [2.05, 4.69) is 20.3 Å². The second-order valence-corrected chi connectivity index (χ2v) is 11.9. The van der Waals surface area contributed by atoms with Gasteiger partial charge in [-0.25, -0.2) is 22.8 Å². The van der Waals surface area contributed by atoms with Gasteiger partial charge in [0.15, 0.2) is 5.78 Å². The molecule has 1 saturated heterocycles. The summed E-state index contributed by atoms with van der Waals surface area (Å²) in [5, 5.41) is 3.10. The fraction of sp³-hybridized carbons (Fsp3) is 0.267. The number of pyridine rings is 1. The molecule has 1 aliphatic heterocycles. The van der Waals surface area contributed by atoms with Crippen LogP contribution in [0.2, 0.25) is 0 Å². The number of rotatable bonds is 10. The Morgan fingerprint density at radius 3 is 2.44 bits per heavy atom. The van der Waals surface area contributed by atoms with Crippen molar-refractivity contribution in [3.8, 4) is 11.3 Å². The topological polar surface area (TPSA) is 105 Å². The van der Waals surface area contributed by atoms with Crippen LogP contribution in [0.5, 0.6) is 0 Å². The fourth-order valence-electron chi connectivity index (χ4n) is 4.88. The van der Waals surface area contributed by atoms with Gasteiger partial charge in [-0.3, -0.25) is 9.78 Å². The summed E-state index contributed by atoms with van der Waals surface area (Å²) in [6.45, 7) is 0.505. The number of anilines is 1. The summed E-state index contributed by atoms with van der Waals surface area (Å²) in [5.41, 5.74) is 1.31. The molecular weight excluding hydrogens is 586 g/mol. The number of carbonyl (C=O) groups excluding carboxylic acids is 1. The molecule has 224 valence electrons. The molecule has 1 atom stereocenters. The minimum Gasteiger partial charge on any atom is -0.350 e. The van der Waals surface area contributed by atoms with Crippen LogP contribution in [0, 0.1) is 5.82 Å². The molecule has 0 aliphatic carbocycles. The summed E-state index contributed by atoms with van der Waals surface area (Å²) < 4.78 is 80.2. The molecule has 13 heteroatoms. The van der Waals surface area contributed by atoms with Crippen molar-refractivity contribution in [2.24, 2.45) is 0 Å². The van der Waals surface area contributed by atoms with Gasteiger partial charge in [0.2, 0.25) is 16.0 Å². The molecule has 0 radical (unpaired) electrons. The van der Waals surface area contributed by atoms with Gasteiger partial charge in [0, 0.05) is 43.2 Å². The number of nitrogens with zero attached hydrogens (tertiary/aromatic N) is 4. The number of sulfonamides is 1. The summed E-state index contributed by atoms with van der Waals surface area (Å²) in [6, 6.07) is 13.4. The van der Waals surface area contributed by atoms with E-state index < -0.39 is 33.6 Å². The summed E-state index contributed by atoms with van der Waals surface area (Å²) in [6.07, 6.45) is -0.188. The highest BCUT2D eigenvalue weighted by Crippen LogP contribution is 2.31. The van der Waals surface area contributed by atoms with Gasteiger partial charge in [0.05, 0.1) is 22.2 Å². The van der Waals surface area contributed by atoms with E-state index in [1.165, 1.54) is 24.3 Å². The van der Waals surface area contributed by atoms with Crippen molar-refractivity contribution < 1.29 is 30.8 Å². The number of aryl methyl sites for hydroxylation is 1. The number of halogens is 4. The third-order valence-corrected chi connectivity index (χ3v) is 9.01. The number of ketones is 1. The van der Waals surface area contributed by atoms with Gasteiger partial charge in [-0.15, -0.1) is 0 Å². The molecule has 0 unspecified atom stereocenters. The van der Waals surface area contributed by atoms with Gasteiger partial charge in [-0.1, -0.05) is 18.2 Å². The van der Waals surface area contributed by atoms with E-state index in [9.17, 15) is 30.8 Å². The van der Waals surface area contributed by atoms with Crippen molar-refractivity contribution in [2.45, 2.75) is 49.3 Å². The lowest BCUT2D eigenvalue weighted by atomic mass is 10.0. The first kappa shape index (κ1) is 30.2. The van der Waals surface area contributed by atoms with Gasteiger partial charge < -0.3 is 5.32 Å². The third-order valence-electron chi connectivity index (χ3n) is 7.08. The van der Waals surface area contributed by atoms with Gasteiger partial charge in [-0.05, 0) is 73.4 Å². The first-order valence-electron chi connectivity index (χ1n) is 13.5. The van der Waals surface area contributed by atoms with Crippen LogP contribution in [0.4, 0.5) is 23.5 Å². The molecular formula is C30H27F4N5O3S. The number of benzene rings is 2. The summed E-state index contributed by atoms with van der Waals surface area (Å²) >= 11 is 0. The van der Waals surface area contributed by atoms with Crippen LogP contribution in [-0.4, -0.2) is 46.0 Å². The molecule has 8 nitrogen and oxygen atoms in total. The van der Waals surface area contributed by atoms with Crippen LogP contribution in [0.15, 0.2) is 84.0 Å². The van der Waals surface area contributed by atoms with Crippen LogP contribution in [0.3, 0.4) is 0 Å². The Morgan fingerprint density at radius 1 is 1.02 bits per heavy atom. The summed E-state index contributed by atoms with van der Waals surface area (Å²) in [7, 11) is -4.00. The van der Waals surface area contributed by atoms with Crippen molar-refractivity contribution in [3.05, 3.63) is 102 Å². The Balaban J connectivity index is 1.35. The first-order chi connectivity index (χ1) is 20.5. The lowest BCUT2D eigenvalue weighted by Crippen LogP contribution is -2.40. The molecule has 0 saturated carbocycles. The summed E-state index contributed by atoms with van der Waals surface area (Å²) in [4.78, 5) is 26.3. The molecule has 3 heterocycles.